The number of aromatic nitrogens is 3. The molecule has 0 aliphatic carbocycles. The first-order valence-corrected chi connectivity index (χ1v) is 13.8. The van der Waals surface area contributed by atoms with Gasteiger partial charge < -0.3 is 35.4 Å². The summed E-state index contributed by atoms with van der Waals surface area (Å²) in [4.78, 5) is 39.2. The van der Waals surface area contributed by atoms with Gasteiger partial charge in [-0.15, -0.1) is 0 Å². The van der Waals surface area contributed by atoms with E-state index in [9.17, 15) is 14.7 Å². The lowest BCUT2D eigenvalue weighted by atomic mass is 10.2. The molecule has 1 aromatic carbocycles. The second-order valence-corrected chi connectivity index (χ2v) is 10.0. The quantitative estimate of drug-likeness (QED) is 0.276. The van der Waals surface area contributed by atoms with Crippen molar-refractivity contribution in [3.05, 3.63) is 35.7 Å². The Morgan fingerprint density at radius 1 is 1.15 bits per heavy atom. The molecule has 0 saturated carbocycles. The first-order chi connectivity index (χ1) is 18.9. The van der Waals surface area contributed by atoms with Gasteiger partial charge in [0.2, 0.25) is 0 Å². The van der Waals surface area contributed by atoms with Gasteiger partial charge in [0.05, 0.1) is 31.7 Å². The summed E-state index contributed by atoms with van der Waals surface area (Å²) < 4.78 is 12.9. The molecule has 0 unspecified atom stereocenters. The zero-order valence-corrected chi connectivity index (χ0v) is 22.7. The minimum Gasteiger partial charge on any atom is -0.494 e. The Morgan fingerprint density at radius 2 is 1.90 bits per heavy atom. The number of anilines is 3. The number of nitrogens with two attached hydrogens (primary N) is 1. The molecule has 5 rings (SSSR count). The van der Waals surface area contributed by atoms with Crippen molar-refractivity contribution in [2.24, 2.45) is 5.73 Å². The number of piperazine rings is 1. The minimum absolute atomic E-state index is 0.192. The third-order valence-corrected chi connectivity index (χ3v) is 7.55. The summed E-state index contributed by atoms with van der Waals surface area (Å²) >= 11 is 1.44. The molecule has 2 aromatic heterocycles. The maximum absolute atomic E-state index is 12.7. The van der Waals surface area contributed by atoms with Crippen molar-refractivity contribution >= 4 is 46.6 Å². The first-order valence-electron chi connectivity index (χ1n) is 12.6. The van der Waals surface area contributed by atoms with Gasteiger partial charge in [-0.1, -0.05) is 11.8 Å². The molecule has 39 heavy (non-hydrogen) atoms. The molecule has 2 aliphatic heterocycles. The number of nitrogens with one attached hydrogen (secondary N) is 1. The SMILES string of the molecule is COc1cc(N2CCN(C(=O)O)CC2)ccc1Nc1nc(SC)n2cc(CN3CCOCC3)nc2c1C(N)=O. The Bertz CT molecular complexity index is 1370. The number of thioether (sulfide) groups is 1. The van der Waals surface area contributed by atoms with Crippen molar-refractivity contribution in [2.75, 3.05) is 76.1 Å². The Morgan fingerprint density at radius 3 is 2.54 bits per heavy atom. The smallest absolute Gasteiger partial charge is 0.407 e. The molecule has 0 atom stereocenters. The van der Waals surface area contributed by atoms with E-state index in [4.69, 9.17) is 25.2 Å². The zero-order chi connectivity index (χ0) is 27.5. The van der Waals surface area contributed by atoms with Crippen LogP contribution in [0.25, 0.3) is 5.65 Å². The van der Waals surface area contributed by atoms with Gasteiger partial charge in [-0.3, -0.25) is 14.1 Å². The summed E-state index contributed by atoms with van der Waals surface area (Å²) in [6, 6.07) is 5.66. The predicted molar refractivity (Wildman–Crippen MR) is 147 cm³/mol. The van der Waals surface area contributed by atoms with Crippen LogP contribution in [-0.4, -0.2) is 107 Å². The summed E-state index contributed by atoms with van der Waals surface area (Å²) in [5.74, 6) is 0.203. The van der Waals surface area contributed by atoms with Gasteiger partial charge in [0.1, 0.15) is 17.1 Å². The van der Waals surface area contributed by atoms with Gasteiger partial charge in [-0.05, 0) is 18.4 Å². The van der Waals surface area contributed by atoms with Crippen LogP contribution in [0.15, 0.2) is 29.6 Å². The fourth-order valence-electron chi connectivity index (χ4n) is 4.85. The number of imidazole rings is 1. The Kier molecular flexibility index (Phi) is 7.95. The average molecular weight is 557 g/mol. The fourth-order valence-corrected chi connectivity index (χ4v) is 5.37. The fraction of sp³-hybridized carbons (Fsp3) is 0.440. The normalized spacial score (nSPS) is 16.5. The largest absolute Gasteiger partial charge is 0.494 e. The number of ether oxygens (including phenoxy) is 2. The second-order valence-electron chi connectivity index (χ2n) is 9.27. The van der Waals surface area contributed by atoms with Crippen LogP contribution in [-0.2, 0) is 11.3 Å². The van der Waals surface area contributed by atoms with E-state index in [1.54, 1.807) is 7.11 Å². The van der Waals surface area contributed by atoms with Crippen LogP contribution in [0.2, 0.25) is 0 Å². The number of nitrogens with zero attached hydrogens (tertiary/aromatic N) is 6. The third-order valence-electron chi connectivity index (χ3n) is 6.90. The number of carboxylic acid groups (broad SMARTS) is 1. The number of amides is 2. The predicted octanol–water partition coefficient (Wildman–Crippen LogP) is 1.93. The van der Waals surface area contributed by atoms with Crippen LogP contribution in [0, 0.1) is 0 Å². The number of primary amides is 1. The van der Waals surface area contributed by atoms with Gasteiger partial charge in [-0.25, -0.2) is 14.8 Å². The number of fused-ring (bicyclic) bond motifs is 1. The van der Waals surface area contributed by atoms with Crippen molar-refractivity contribution in [1.82, 2.24) is 24.2 Å². The van der Waals surface area contributed by atoms with Crippen molar-refractivity contribution < 1.29 is 24.2 Å². The number of hydrogen-bond donors (Lipinski definition) is 3. The van der Waals surface area contributed by atoms with Crippen LogP contribution in [0.3, 0.4) is 0 Å². The lowest BCUT2D eigenvalue weighted by Gasteiger charge is -2.34. The van der Waals surface area contributed by atoms with Crippen molar-refractivity contribution in [1.29, 1.82) is 0 Å². The molecule has 208 valence electrons. The lowest BCUT2D eigenvalue weighted by Crippen LogP contribution is -2.48. The molecule has 2 saturated heterocycles. The van der Waals surface area contributed by atoms with E-state index in [0.717, 1.165) is 24.5 Å². The Balaban J connectivity index is 1.45. The number of carbonyl (C=O) groups is 2. The molecule has 14 heteroatoms. The van der Waals surface area contributed by atoms with E-state index in [0.29, 0.717) is 74.0 Å². The van der Waals surface area contributed by atoms with Crippen molar-refractivity contribution in [2.45, 2.75) is 11.7 Å². The summed E-state index contributed by atoms with van der Waals surface area (Å²) in [6.07, 6.45) is 2.91. The standard InChI is InChI=1S/C25H32N8O5S/c1-37-19-13-17(31-5-7-32(8-6-31)25(35)36)3-4-18(19)28-22-20(21(26)34)23-27-16(14-30-9-11-38-12-10-30)15-33(23)24(29-22)39-2/h3-4,13,15,28H,5-12,14H2,1-2H3,(H2,26,34)(H,35,36). The minimum atomic E-state index is -0.906. The van der Waals surface area contributed by atoms with Gasteiger partial charge in [-0.2, -0.15) is 0 Å². The molecule has 2 aliphatic rings. The van der Waals surface area contributed by atoms with Crippen LogP contribution < -0.4 is 20.7 Å². The molecule has 3 aromatic rings. The number of methoxy groups -OCH3 is 1. The highest BCUT2D eigenvalue weighted by Crippen LogP contribution is 2.34. The summed E-state index contributed by atoms with van der Waals surface area (Å²) in [5, 5.41) is 13.1. The van der Waals surface area contributed by atoms with Crippen LogP contribution in [0.4, 0.5) is 22.0 Å². The maximum atomic E-state index is 12.7. The Labute approximate surface area is 229 Å². The summed E-state index contributed by atoms with van der Waals surface area (Å²) in [5.41, 5.74) is 8.83. The molecule has 2 fully saturated rings. The van der Waals surface area contributed by atoms with Gasteiger partial charge in [0.15, 0.2) is 10.8 Å². The topological polar surface area (TPSA) is 151 Å². The molecule has 4 N–H and O–H groups in total. The monoisotopic (exact) mass is 556 g/mol. The van der Waals surface area contributed by atoms with Crippen LogP contribution in [0.1, 0.15) is 16.1 Å². The van der Waals surface area contributed by atoms with Crippen LogP contribution >= 0.6 is 11.8 Å². The number of morpholine rings is 1. The zero-order valence-electron chi connectivity index (χ0n) is 21.9. The number of carbonyl (C=O) groups excluding carboxylic acids is 1. The average Bonchev–Trinajstić information content (AvgIpc) is 3.36. The molecule has 0 spiro atoms. The summed E-state index contributed by atoms with van der Waals surface area (Å²) in [6.45, 7) is 5.67. The van der Waals surface area contributed by atoms with Crippen molar-refractivity contribution in [3.63, 3.8) is 0 Å². The van der Waals surface area contributed by atoms with E-state index in [1.807, 2.05) is 35.1 Å². The van der Waals surface area contributed by atoms with Crippen molar-refractivity contribution in [3.8, 4) is 5.75 Å². The molecule has 0 radical (unpaired) electrons. The van der Waals surface area contributed by atoms with E-state index in [1.165, 1.54) is 16.7 Å². The van der Waals surface area contributed by atoms with Crippen LogP contribution in [0.5, 0.6) is 5.75 Å². The third kappa shape index (κ3) is 5.67. The molecule has 4 heterocycles. The van der Waals surface area contributed by atoms with E-state index >= 15 is 0 Å². The molecular formula is C25H32N8O5S. The van der Waals surface area contributed by atoms with E-state index in [2.05, 4.69) is 15.1 Å². The molecule has 2 amide bonds. The van der Waals surface area contributed by atoms with Gasteiger partial charge in [0, 0.05) is 63.8 Å². The van der Waals surface area contributed by atoms with E-state index < -0.39 is 12.0 Å². The number of rotatable bonds is 8. The first kappa shape index (κ1) is 26.8. The highest BCUT2D eigenvalue weighted by atomic mass is 32.2. The second kappa shape index (κ2) is 11.6. The highest BCUT2D eigenvalue weighted by Gasteiger charge is 2.24. The molecule has 13 nitrogen and oxygen atoms in total. The highest BCUT2D eigenvalue weighted by molar-refractivity contribution is 7.98. The van der Waals surface area contributed by atoms with E-state index in [-0.39, 0.29) is 5.56 Å². The Hall–Kier alpha value is -3.75. The van der Waals surface area contributed by atoms with Gasteiger partial charge >= 0.3 is 6.09 Å². The maximum Gasteiger partial charge on any atom is 0.407 e. The number of hydrogen-bond acceptors (Lipinski definition) is 10. The lowest BCUT2D eigenvalue weighted by molar-refractivity contribution is 0.0337. The number of benzene rings is 1. The van der Waals surface area contributed by atoms with Gasteiger partial charge in [0.25, 0.3) is 5.91 Å². The summed E-state index contributed by atoms with van der Waals surface area (Å²) in [7, 11) is 1.57. The molecule has 0 bridgehead atoms. The molecular weight excluding hydrogens is 524 g/mol.